The van der Waals surface area contributed by atoms with E-state index in [1.807, 2.05) is 6.92 Å². The Morgan fingerprint density at radius 1 is 0.867 bits per heavy atom. The first kappa shape index (κ1) is 17.0. The summed E-state index contributed by atoms with van der Waals surface area (Å²) in [6.07, 6.45) is 4.54. The second kappa shape index (κ2) is 13.6. The first-order valence-electron chi connectivity index (χ1n) is 6.33. The molecule has 0 aliphatic rings. The van der Waals surface area contributed by atoms with Crippen LogP contribution in [-0.2, 0) is 4.79 Å². The molecule has 0 N–H and O–H groups in total. The van der Waals surface area contributed by atoms with E-state index in [0.29, 0.717) is 6.42 Å². The summed E-state index contributed by atoms with van der Waals surface area (Å²) < 4.78 is 0. The molecule has 0 aliphatic heterocycles. The van der Waals surface area contributed by atoms with Gasteiger partial charge in [-0.05, 0) is 45.8 Å². The number of Topliss-reactive ketones (excluding diaryl/α,β-unsaturated/α-hetero) is 1. The Hall–Kier alpha value is -0.370. The van der Waals surface area contributed by atoms with Crippen LogP contribution in [0.4, 0.5) is 0 Å². The van der Waals surface area contributed by atoms with Gasteiger partial charge in [-0.15, -0.1) is 0 Å². The zero-order chi connectivity index (χ0) is 12.1. The van der Waals surface area contributed by atoms with Crippen molar-refractivity contribution in [1.29, 1.82) is 0 Å². The lowest BCUT2D eigenvalue weighted by Crippen LogP contribution is -2.25. The number of hydrogen-bond donors (Lipinski definition) is 0. The van der Waals surface area contributed by atoms with Gasteiger partial charge in [0.05, 0.1) is 0 Å². The van der Waals surface area contributed by atoms with Crippen molar-refractivity contribution >= 4 is 5.78 Å². The van der Waals surface area contributed by atoms with Gasteiger partial charge in [-0.1, -0.05) is 27.7 Å². The van der Waals surface area contributed by atoms with E-state index in [9.17, 15) is 4.79 Å². The molecule has 92 valence electrons. The molecular formula is C13H29NO. The molecule has 0 atom stereocenters. The van der Waals surface area contributed by atoms with Crippen LogP contribution in [0.3, 0.4) is 0 Å². The zero-order valence-electron chi connectivity index (χ0n) is 11.3. The predicted molar refractivity (Wildman–Crippen MR) is 68.3 cm³/mol. The first-order chi connectivity index (χ1) is 7.12. The fourth-order valence-corrected chi connectivity index (χ4v) is 1.28. The van der Waals surface area contributed by atoms with E-state index in [4.69, 9.17) is 0 Å². The van der Waals surface area contributed by atoms with Crippen molar-refractivity contribution in [2.24, 2.45) is 0 Å². The molecule has 0 aliphatic carbocycles. The van der Waals surface area contributed by atoms with Crippen LogP contribution in [0.25, 0.3) is 0 Å². The third-order valence-corrected chi connectivity index (χ3v) is 2.12. The molecule has 0 spiro atoms. The number of hydrogen-bond acceptors (Lipinski definition) is 2. The molecule has 2 heteroatoms. The first-order valence-corrected chi connectivity index (χ1v) is 6.33. The van der Waals surface area contributed by atoms with Crippen molar-refractivity contribution in [3.8, 4) is 0 Å². The van der Waals surface area contributed by atoms with Gasteiger partial charge in [0.25, 0.3) is 0 Å². The molecular weight excluding hydrogens is 186 g/mol. The van der Waals surface area contributed by atoms with Crippen LogP contribution in [-0.4, -0.2) is 30.3 Å². The minimum Gasteiger partial charge on any atom is -0.303 e. The lowest BCUT2D eigenvalue weighted by atomic mass is 10.3. The summed E-state index contributed by atoms with van der Waals surface area (Å²) in [5.41, 5.74) is 0. The minimum absolute atomic E-state index is 0.255. The number of nitrogens with zero attached hydrogens (tertiary/aromatic N) is 1. The summed E-state index contributed by atoms with van der Waals surface area (Å²) >= 11 is 0. The summed E-state index contributed by atoms with van der Waals surface area (Å²) in [6, 6.07) is 0. The average Bonchev–Trinajstić information content (AvgIpc) is 2.20. The highest BCUT2D eigenvalue weighted by atomic mass is 16.1. The maximum Gasteiger partial charge on any atom is 0.129 e. The number of carbonyl (C=O) groups is 1. The molecule has 0 fully saturated rings. The molecule has 15 heavy (non-hydrogen) atoms. The van der Waals surface area contributed by atoms with Crippen LogP contribution in [0.5, 0.6) is 0 Å². The molecule has 0 heterocycles. The van der Waals surface area contributed by atoms with Crippen LogP contribution in [0.1, 0.15) is 60.3 Å². The number of carbonyl (C=O) groups excluding carboxylic acids is 1. The van der Waals surface area contributed by atoms with E-state index in [0.717, 1.165) is 0 Å². The van der Waals surface area contributed by atoms with Gasteiger partial charge in [0.2, 0.25) is 0 Å². The van der Waals surface area contributed by atoms with Gasteiger partial charge in [-0.25, -0.2) is 0 Å². The predicted octanol–water partition coefficient (Wildman–Crippen LogP) is 3.50. The Balaban J connectivity index is 0. The van der Waals surface area contributed by atoms with E-state index in [1.165, 1.54) is 38.9 Å². The molecule has 0 rings (SSSR count). The summed E-state index contributed by atoms with van der Waals surface area (Å²) in [5, 5.41) is 0. The molecule has 0 saturated heterocycles. The van der Waals surface area contributed by atoms with E-state index in [1.54, 1.807) is 6.92 Å². The highest BCUT2D eigenvalue weighted by molar-refractivity contribution is 5.74. The summed E-state index contributed by atoms with van der Waals surface area (Å²) in [5.74, 6) is 0.255. The average molecular weight is 215 g/mol. The minimum atomic E-state index is 0.255. The number of rotatable bonds is 7. The Bertz CT molecular complexity index is 120. The fraction of sp³-hybridized carbons (Fsp3) is 0.923. The monoisotopic (exact) mass is 215 g/mol. The largest absolute Gasteiger partial charge is 0.303 e. The Kier molecular flexibility index (Phi) is 15.5. The molecule has 0 aromatic carbocycles. The lowest BCUT2D eigenvalue weighted by Gasteiger charge is -2.19. The summed E-state index contributed by atoms with van der Waals surface area (Å²) in [4.78, 5) is 12.4. The van der Waals surface area contributed by atoms with Crippen molar-refractivity contribution in [3.05, 3.63) is 0 Å². The molecule has 0 saturated carbocycles. The molecule has 2 nitrogen and oxygen atoms in total. The molecule has 0 aromatic rings. The summed E-state index contributed by atoms with van der Waals surface area (Å²) in [7, 11) is 0. The van der Waals surface area contributed by atoms with Gasteiger partial charge >= 0.3 is 0 Å². The van der Waals surface area contributed by atoms with E-state index < -0.39 is 0 Å². The van der Waals surface area contributed by atoms with Crippen molar-refractivity contribution in [2.75, 3.05) is 19.6 Å². The smallest absolute Gasteiger partial charge is 0.129 e. The SMILES string of the molecule is CCC(C)=O.CCCN(CCC)CCC. The van der Waals surface area contributed by atoms with Crippen molar-refractivity contribution in [3.63, 3.8) is 0 Å². The van der Waals surface area contributed by atoms with Crippen LogP contribution < -0.4 is 0 Å². The Morgan fingerprint density at radius 2 is 1.13 bits per heavy atom. The van der Waals surface area contributed by atoms with Gasteiger partial charge in [-0.3, -0.25) is 0 Å². The maximum atomic E-state index is 9.81. The fourth-order valence-electron chi connectivity index (χ4n) is 1.28. The highest BCUT2D eigenvalue weighted by Crippen LogP contribution is 1.94. The van der Waals surface area contributed by atoms with Crippen LogP contribution in [0, 0.1) is 0 Å². The van der Waals surface area contributed by atoms with E-state index in [-0.39, 0.29) is 5.78 Å². The molecule has 0 unspecified atom stereocenters. The highest BCUT2D eigenvalue weighted by Gasteiger charge is 1.98. The number of ketones is 1. The molecule has 0 amide bonds. The van der Waals surface area contributed by atoms with Gasteiger partial charge in [-0.2, -0.15) is 0 Å². The van der Waals surface area contributed by atoms with Gasteiger partial charge < -0.3 is 9.69 Å². The van der Waals surface area contributed by atoms with Gasteiger partial charge in [0.1, 0.15) is 5.78 Å². The second-order valence-electron chi connectivity index (χ2n) is 3.90. The third-order valence-electron chi connectivity index (χ3n) is 2.12. The van der Waals surface area contributed by atoms with Crippen molar-refractivity contribution in [2.45, 2.75) is 60.3 Å². The third kappa shape index (κ3) is 16.3. The standard InChI is InChI=1S/C9H21N.C4H8O/c1-4-7-10(8-5-2)9-6-3;1-3-4(2)5/h4-9H2,1-3H3;3H2,1-2H3. The van der Waals surface area contributed by atoms with Gasteiger partial charge in [0, 0.05) is 6.42 Å². The van der Waals surface area contributed by atoms with E-state index in [2.05, 4.69) is 25.7 Å². The summed E-state index contributed by atoms with van der Waals surface area (Å²) in [6.45, 7) is 14.0. The van der Waals surface area contributed by atoms with Crippen LogP contribution in [0.15, 0.2) is 0 Å². The molecule has 0 radical (unpaired) electrons. The topological polar surface area (TPSA) is 20.3 Å². The van der Waals surface area contributed by atoms with Crippen molar-refractivity contribution in [1.82, 2.24) is 4.90 Å². The second-order valence-corrected chi connectivity index (χ2v) is 3.90. The Labute approximate surface area is 96.0 Å². The lowest BCUT2D eigenvalue weighted by molar-refractivity contribution is -0.116. The Morgan fingerprint density at radius 3 is 1.27 bits per heavy atom. The van der Waals surface area contributed by atoms with E-state index >= 15 is 0 Å². The normalized spacial score (nSPS) is 9.73. The quantitative estimate of drug-likeness (QED) is 0.648. The molecule has 0 aromatic heterocycles. The van der Waals surface area contributed by atoms with Crippen molar-refractivity contribution < 1.29 is 4.79 Å². The van der Waals surface area contributed by atoms with Crippen LogP contribution >= 0.6 is 0 Å². The van der Waals surface area contributed by atoms with Crippen LogP contribution in [0.2, 0.25) is 0 Å². The van der Waals surface area contributed by atoms with Gasteiger partial charge in [0.15, 0.2) is 0 Å². The molecule has 0 bridgehead atoms. The zero-order valence-corrected chi connectivity index (χ0v) is 11.3. The maximum absolute atomic E-state index is 9.81.